The molecule has 2 amide bonds. The third-order valence-electron chi connectivity index (χ3n) is 6.04. The number of urea groups is 1. The molecule has 0 saturated heterocycles. The third-order valence-corrected chi connectivity index (χ3v) is 6.04. The zero-order valence-corrected chi connectivity index (χ0v) is 20.2. The number of amides is 2. The number of anilines is 1. The first-order chi connectivity index (χ1) is 15.3. The molecule has 0 fully saturated rings. The van der Waals surface area contributed by atoms with Crippen molar-refractivity contribution < 1.29 is 4.79 Å². The number of carbonyl (C=O) groups excluding carboxylic acids is 1. The fraction of sp³-hybridized carbons (Fsp3) is 0.345. The zero-order chi connectivity index (χ0) is 23.3. The van der Waals surface area contributed by atoms with Crippen LogP contribution < -0.4 is 10.6 Å². The predicted molar refractivity (Wildman–Crippen MR) is 136 cm³/mol. The van der Waals surface area contributed by atoms with Gasteiger partial charge in [-0.15, -0.1) is 0 Å². The van der Waals surface area contributed by atoms with Crippen LogP contribution in [0.2, 0.25) is 0 Å². The van der Waals surface area contributed by atoms with Gasteiger partial charge >= 0.3 is 6.03 Å². The molecule has 0 aliphatic rings. The Kier molecular flexibility index (Phi) is 7.74. The van der Waals surface area contributed by atoms with Crippen molar-refractivity contribution in [2.75, 3.05) is 11.9 Å². The normalized spacial score (nSPS) is 11.3. The molecule has 0 saturated carbocycles. The molecule has 0 unspecified atom stereocenters. The second-order valence-electron chi connectivity index (χ2n) is 9.33. The van der Waals surface area contributed by atoms with E-state index in [0.29, 0.717) is 18.4 Å². The van der Waals surface area contributed by atoms with Gasteiger partial charge in [0.05, 0.1) is 0 Å². The predicted octanol–water partition coefficient (Wildman–Crippen LogP) is 7.50. The first-order valence-electron chi connectivity index (χ1n) is 11.6. The highest BCUT2D eigenvalue weighted by atomic mass is 16.2. The van der Waals surface area contributed by atoms with E-state index in [2.05, 4.69) is 119 Å². The Balaban J connectivity index is 1.82. The summed E-state index contributed by atoms with van der Waals surface area (Å²) in [5.41, 5.74) is 8.13. The molecule has 168 valence electrons. The number of hydrogen-bond acceptors (Lipinski definition) is 1. The summed E-state index contributed by atoms with van der Waals surface area (Å²) >= 11 is 0. The van der Waals surface area contributed by atoms with Gasteiger partial charge in [0.2, 0.25) is 0 Å². The van der Waals surface area contributed by atoms with Crippen molar-refractivity contribution in [1.82, 2.24) is 5.32 Å². The number of hydrogen-bond donors (Lipinski definition) is 2. The smallest absolute Gasteiger partial charge is 0.319 e. The summed E-state index contributed by atoms with van der Waals surface area (Å²) in [6, 6.07) is 23.3. The van der Waals surface area contributed by atoms with Crippen LogP contribution in [0, 0.1) is 13.8 Å². The lowest BCUT2D eigenvalue weighted by molar-refractivity contribution is 0.251. The molecule has 0 radical (unpaired) electrons. The SMILES string of the molecule is Cc1ccc(C(CNC(=O)Nc2c(C(C)C)cccc2C(C)C)c2ccc(C)cc2)cc1. The van der Waals surface area contributed by atoms with Gasteiger partial charge in [-0.05, 0) is 47.9 Å². The molecule has 0 bridgehead atoms. The first kappa shape index (κ1) is 23.6. The van der Waals surface area contributed by atoms with Crippen molar-refractivity contribution in [3.63, 3.8) is 0 Å². The van der Waals surface area contributed by atoms with Crippen molar-refractivity contribution in [1.29, 1.82) is 0 Å². The number of para-hydroxylation sites is 1. The average Bonchev–Trinajstić information content (AvgIpc) is 2.76. The highest BCUT2D eigenvalue weighted by molar-refractivity contribution is 5.91. The van der Waals surface area contributed by atoms with Gasteiger partial charge in [-0.25, -0.2) is 4.79 Å². The van der Waals surface area contributed by atoms with Crippen LogP contribution in [0.1, 0.15) is 78.8 Å². The van der Waals surface area contributed by atoms with Gasteiger partial charge < -0.3 is 10.6 Å². The van der Waals surface area contributed by atoms with Gasteiger partial charge in [-0.2, -0.15) is 0 Å². The minimum Gasteiger partial charge on any atom is -0.337 e. The fourth-order valence-electron chi connectivity index (χ4n) is 4.07. The Bertz CT molecular complexity index is 962. The van der Waals surface area contributed by atoms with Gasteiger partial charge in [0, 0.05) is 18.2 Å². The van der Waals surface area contributed by atoms with Crippen LogP contribution in [0.4, 0.5) is 10.5 Å². The minimum absolute atomic E-state index is 0.0897. The molecule has 0 spiro atoms. The van der Waals surface area contributed by atoms with Crippen molar-refractivity contribution in [3.8, 4) is 0 Å². The molecule has 32 heavy (non-hydrogen) atoms. The molecule has 3 heteroatoms. The monoisotopic (exact) mass is 428 g/mol. The molecule has 0 aliphatic heterocycles. The van der Waals surface area contributed by atoms with Crippen LogP contribution in [0.25, 0.3) is 0 Å². The zero-order valence-electron chi connectivity index (χ0n) is 20.2. The lowest BCUT2D eigenvalue weighted by atomic mass is 9.90. The number of benzene rings is 3. The molecule has 0 atom stereocenters. The molecular formula is C29H36N2O. The van der Waals surface area contributed by atoms with Gasteiger partial charge in [-0.1, -0.05) is 106 Å². The summed E-state index contributed by atoms with van der Waals surface area (Å²) in [6.07, 6.45) is 0. The van der Waals surface area contributed by atoms with E-state index in [9.17, 15) is 4.79 Å². The Labute approximate surface area is 193 Å². The summed E-state index contributed by atoms with van der Waals surface area (Å²) in [5.74, 6) is 0.751. The van der Waals surface area contributed by atoms with E-state index in [1.807, 2.05) is 0 Å². The van der Waals surface area contributed by atoms with E-state index in [4.69, 9.17) is 0 Å². The number of carbonyl (C=O) groups is 1. The maximum Gasteiger partial charge on any atom is 0.319 e. The second kappa shape index (κ2) is 10.5. The summed E-state index contributed by atoms with van der Waals surface area (Å²) in [7, 11) is 0. The lowest BCUT2D eigenvalue weighted by Crippen LogP contribution is -2.33. The topological polar surface area (TPSA) is 41.1 Å². The quantitative estimate of drug-likeness (QED) is 0.402. The number of aryl methyl sites for hydroxylation is 2. The standard InChI is InChI=1S/C29H36N2O/c1-19(2)25-8-7-9-26(20(3)4)28(25)31-29(32)30-18-27(23-14-10-21(5)11-15-23)24-16-12-22(6)13-17-24/h7-17,19-20,27H,18H2,1-6H3,(H2,30,31,32). The van der Waals surface area contributed by atoms with Crippen LogP contribution >= 0.6 is 0 Å². The van der Waals surface area contributed by atoms with Crippen molar-refractivity contribution >= 4 is 11.7 Å². The van der Waals surface area contributed by atoms with Crippen molar-refractivity contribution in [2.45, 2.75) is 59.3 Å². The maximum atomic E-state index is 13.0. The van der Waals surface area contributed by atoms with Crippen LogP contribution in [-0.2, 0) is 0 Å². The Morgan fingerprint density at radius 1 is 0.719 bits per heavy atom. The molecule has 3 nitrogen and oxygen atoms in total. The lowest BCUT2D eigenvalue weighted by Gasteiger charge is -2.22. The van der Waals surface area contributed by atoms with Crippen molar-refractivity contribution in [3.05, 3.63) is 100 Å². The number of rotatable bonds is 7. The van der Waals surface area contributed by atoms with Crippen molar-refractivity contribution in [2.24, 2.45) is 0 Å². The summed E-state index contributed by atoms with van der Waals surface area (Å²) in [4.78, 5) is 13.0. The van der Waals surface area contributed by atoms with E-state index >= 15 is 0 Å². The van der Waals surface area contributed by atoms with Gasteiger partial charge in [-0.3, -0.25) is 0 Å². The van der Waals surface area contributed by atoms with E-state index < -0.39 is 0 Å². The molecule has 0 aliphatic carbocycles. The van der Waals surface area contributed by atoms with Gasteiger partial charge in [0.25, 0.3) is 0 Å². The second-order valence-corrected chi connectivity index (χ2v) is 9.33. The first-order valence-corrected chi connectivity index (χ1v) is 11.6. The van der Waals surface area contributed by atoms with Crippen LogP contribution in [0.5, 0.6) is 0 Å². The third kappa shape index (κ3) is 5.79. The molecule has 0 aromatic heterocycles. The average molecular weight is 429 g/mol. The molecule has 3 aromatic carbocycles. The minimum atomic E-state index is -0.163. The summed E-state index contributed by atoms with van der Waals surface area (Å²) < 4.78 is 0. The Morgan fingerprint density at radius 2 is 1.16 bits per heavy atom. The van der Waals surface area contributed by atoms with Gasteiger partial charge in [0.1, 0.15) is 0 Å². The maximum absolute atomic E-state index is 13.0. The van der Waals surface area contributed by atoms with Gasteiger partial charge in [0.15, 0.2) is 0 Å². The van der Waals surface area contributed by atoms with E-state index in [1.54, 1.807) is 0 Å². The number of nitrogens with one attached hydrogen (secondary N) is 2. The Morgan fingerprint density at radius 3 is 1.56 bits per heavy atom. The summed E-state index contributed by atoms with van der Waals surface area (Å²) in [6.45, 7) is 13.4. The molecule has 3 rings (SSSR count). The largest absolute Gasteiger partial charge is 0.337 e. The van der Waals surface area contributed by atoms with E-state index in [1.165, 1.54) is 33.4 Å². The van der Waals surface area contributed by atoms with E-state index in [0.717, 1.165) is 5.69 Å². The highest BCUT2D eigenvalue weighted by Gasteiger charge is 2.18. The van der Waals surface area contributed by atoms with Crippen LogP contribution in [-0.4, -0.2) is 12.6 Å². The van der Waals surface area contributed by atoms with Crippen LogP contribution in [0.15, 0.2) is 66.7 Å². The molecule has 3 aromatic rings. The van der Waals surface area contributed by atoms with E-state index in [-0.39, 0.29) is 11.9 Å². The molecule has 2 N–H and O–H groups in total. The Hall–Kier alpha value is -3.07. The highest BCUT2D eigenvalue weighted by Crippen LogP contribution is 2.32. The molecule has 0 heterocycles. The summed E-state index contributed by atoms with van der Waals surface area (Å²) in [5, 5.41) is 6.31. The fourth-order valence-corrected chi connectivity index (χ4v) is 4.07. The molecular weight excluding hydrogens is 392 g/mol. The van der Waals surface area contributed by atoms with Crippen LogP contribution in [0.3, 0.4) is 0 Å².